The second-order valence-electron chi connectivity index (χ2n) is 8.27. The van der Waals surface area contributed by atoms with Gasteiger partial charge in [-0.25, -0.2) is 0 Å². The van der Waals surface area contributed by atoms with Gasteiger partial charge in [0.2, 0.25) is 11.8 Å². The van der Waals surface area contributed by atoms with Gasteiger partial charge in [0.25, 0.3) is 0 Å². The van der Waals surface area contributed by atoms with Gasteiger partial charge in [-0.1, -0.05) is 21.3 Å². The number of hydrogen-bond acceptors (Lipinski definition) is 9. The standard InChI is InChI=1S/C16H29NO5S.C9H17NO2S.CH4/c1-4-6-21-8-9-22-7-5-15(19)10-14(12-23-3)16(20)17-11-13(2)18;1-4-8(6-13-3)9(12)10-5-7(2)11;/h14H,4-12H2,1-3H3,(H,17,20);8H,4-6H2,1-3H3,(H,10,12);1H4/i;;1D. The third-order valence-corrected chi connectivity index (χ3v) is 6.18. The van der Waals surface area contributed by atoms with E-state index in [4.69, 9.17) is 10.8 Å². The van der Waals surface area contributed by atoms with E-state index in [9.17, 15) is 24.0 Å². The number of carbonyl (C=O) groups excluding carboxylic acids is 5. The van der Waals surface area contributed by atoms with Crippen molar-refractivity contribution in [2.24, 2.45) is 11.8 Å². The van der Waals surface area contributed by atoms with Gasteiger partial charge in [0, 0.05) is 38.2 Å². The molecule has 0 aliphatic heterocycles. The van der Waals surface area contributed by atoms with Crippen LogP contribution in [0, 0.1) is 11.8 Å². The molecule has 0 fully saturated rings. The Kier molecular flexibility index (Phi) is 28.1. The topological polar surface area (TPSA) is 128 Å². The summed E-state index contributed by atoms with van der Waals surface area (Å²) in [5.41, 5.74) is 0. The first-order valence-electron chi connectivity index (χ1n) is 13.3. The maximum atomic E-state index is 12.0. The van der Waals surface area contributed by atoms with Crippen LogP contribution in [-0.2, 0) is 33.4 Å². The Morgan fingerprint density at radius 1 is 0.784 bits per heavy atom. The van der Waals surface area contributed by atoms with Gasteiger partial charge in [0.1, 0.15) is 17.3 Å². The lowest BCUT2D eigenvalue weighted by molar-refractivity contribution is -0.130. The minimum Gasteiger partial charge on any atom is -0.379 e. The van der Waals surface area contributed by atoms with Gasteiger partial charge in [-0.2, -0.15) is 23.5 Å². The van der Waals surface area contributed by atoms with Crippen molar-refractivity contribution in [3.05, 3.63) is 0 Å². The van der Waals surface area contributed by atoms with E-state index < -0.39 is 5.92 Å². The summed E-state index contributed by atoms with van der Waals surface area (Å²) in [5.74, 6) is 0.652. The highest BCUT2D eigenvalue weighted by Gasteiger charge is 2.21. The van der Waals surface area contributed by atoms with E-state index in [-0.39, 0.29) is 54.6 Å². The average molecular weight is 568 g/mol. The third kappa shape index (κ3) is 26.0. The highest BCUT2D eigenvalue weighted by molar-refractivity contribution is 7.98. The summed E-state index contributed by atoms with van der Waals surface area (Å²) in [6.07, 6.45) is 6.13. The number of hydrogen-bond donors (Lipinski definition) is 2. The molecule has 0 spiro atoms. The van der Waals surface area contributed by atoms with Crippen LogP contribution < -0.4 is 10.6 Å². The Labute approximate surface area is 234 Å². The van der Waals surface area contributed by atoms with E-state index in [0.29, 0.717) is 38.6 Å². The smallest absolute Gasteiger partial charge is 0.224 e. The fourth-order valence-electron chi connectivity index (χ4n) is 2.75. The molecular weight excluding hydrogens is 516 g/mol. The first-order chi connectivity index (χ1) is 18.1. The second-order valence-corrected chi connectivity index (χ2v) is 10.1. The summed E-state index contributed by atoms with van der Waals surface area (Å²) in [5, 5.41) is 5.18. The van der Waals surface area contributed by atoms with Crippen molar-refractivity contribution < 1.29 is 34.8 Å². The number of rotatable bonds is 21. The molecule has 0 bridgehead atoms. The number of carbonyl (C=O) groups is 5. The molecular formula is C26H50N2O7S2. The largest absolute Gasteiger partial charge is 0.379 e. The molecule has 0 aromatic carbocycles. The summed E-state index contributed by atoms with van der Waals surface area (Å²) in [6.45, 7) is 9.13. The molecule has 0 saturated heterocycles. The molecule has 9 nitrogen and oxygen atoms in total. The lowest BCUT2D eigenvalue weighted by Gasteiger charge is -2.14. The van der Waals surface area contributed by atoms with Gasteiger partial charge in [-0.3, -0.25) is 24.0 Å². The zero-order valence-electron chi connectivity index (χ0n) is 24.8. The molecule has 2 atom stereocenters. The van der Waals surface area contributed by atoms with Crippen molar-refractivity contribution in [2.45, 2.75) is 60.8 Å². The predicted molar refractivity (Wildman–Crippen MR) is 154 cm³/mol. The van der Waals surface area contributed by atoms with Crippen molar-refractivity contribution in [2.75, 3.05) is 63.5 Å². The first-order valence-corrected chi connectivity index (χ1v) is 15.1. The van der Waals surface area contributed by atoms with Gasteiger partial charge in [0.15, 0.2) is 0 Å². The average Bonchev–Trinajstić information content (AvgIpc) is 2.89. The van der Waals surface area contributed by atoms with E-state index in [1.54, 1.807) is 11.8 Å². The van der Waals surface area contributed by atoms with Gasteiger partial charge in [0.05, 0.1) is 38.8 Å². The Hall–Kier alpha value is -1.43. The van der Waals surface area contributed by atoms with Crippen molar-refractivity contribution >= 4 is 52.7 Å². The summed E-state index contributed by atoms with van der Waals surface area (Å²) >= 11 is 3.16. The van der Waals surface area contributed by atoms with Gasteiger partial charge in [-0.05, 0) is 39.2 Å². The van der Waals surface area contributed by atoms with Crippen LogP contribution in [0.2, 0.25) is 0 Å². The molecule has 2 amide bonds. The maximum absolute atomic E-state index is 12.0. The molecule has 0 heterocycles. The van der Waals surface area contributed by atoms with Crippen molar-refractivity contribution in [1.82, 2.24) is 10.6 Å². The Bertz CT molecular complexity index is 655. The molecule has 0 aliphatic rings. The molecule has 0 aromatic rings. The highest BCUT2D eigenvalue weighted by Crippen LogP contribution is 2.12. The van der Waals surface area contributed by atoms with E-state index in [2.05, 4.69) is 10.6 Å². The summed E-state index contributed by atoms with van der Waals surface area (Å²) in [4.78, 5) is 56.8. The number of ketones is 3. The van der Waals surface area contributed by atoms with Crippen LogP contribution in [0.4, 0.5) is 0 Å². The predicted octanol–water partition coefficient (Wildman–Crippen LogP) is 3.18. The van der Waals surface area contributed by atoms with Crippen LogP contribution in [-0.4, -0.2) is 92.7 Å². The van der Waals surface area contributed by atoms with Gasteiger partial charge in [-0.15, -0.1) is 0 Å². The fourth-order valence-corrected chi connectivity index (χ4v) is 4.21. The third-order valence-electron chi connectivity index (χ3n) is 4.71. The molecule has 2 unspecified atom stereocenters. The molecule has 0 saturated carbocycles. The normalized spacial score (nSPS) is 11.9. The molecule has 0 aliphatic carbocycles. The van der Waals surface area contributed by atoms with E-state index in [0.717, 1.165) is 18.6 Å². The first kappa shape index (κ1) is 37.7. The minimum atomic E-state index is -0.398. The van der Waals surface area contributed by atoms with Crippen molar-refractivity contribution in [3.8, 4) is 0 Å². The molecule has 218 valence electrons. The zero-order chi connectivity index (χ0) is 29.8. The van der Waals surface area contributed by atoms with E-state index in [1.165, 1.54) is 33.0 Å². The van der Waals surface area contributed by atoms with Crippen LogP contribution in [0.15, 0.2) is 0 Å². The van der Waals surface area contributed by atoms with Crippen LogP contribution in [0.5, 0.6) is 0 Å². The van der Waals surface area contributed by atoms with E-state index >= 15 is 0 Å². The van der Waals surface area contributed by atoms with E-state index in [1.807, 2.05) is 26.4 Å². The van der Waals surface area contributed by atoms with Crippen molar-refractivity contribution in [1.29, 1.82) is 0 Å². The Morgan fingerprint density at radius 2 is 1.24 bits per heavy atom. The van der Waals surface area contributed by atoms with Gasteiger partial charge >= 0.3 is 0 Å². The minimum absolute atomic E-state index is 0.00324. The lowest BCUT2D eigenvalue weighted by atomic mass is 10.0. The van der Waals surface area contributed by atoms with Crippen LogP contribution in [0.1, 0.15) is 62.2 Å². The quantitative estimate of drug-likeness (QED) is 0.201. The van der Waals surface area contributed by atoms with Crippen LogP contribution in [0.3, 0.4) is 0 Å². The molecule has 0 rings (SSSR count). The number of nitrogens with one attached hydrogen (secondary N) is 2. The molecule has 37 heavy (non-hydrogen) atoms. The number of thioether (sulfide) groups is 2. The Balaban J connectivity index is -0.000000691. The van der Waals surface area contributed by atoms with Gasteiger partial charge < -0.3 is 20.1 Å². The molecule has 11 heteroatoms. The second kappa shape index (κ2) is 27.6. The van der Waals surface area contributed by atoms with Crippen molar-refractivity contribution in [3.63, 3.8) is 0 Å². The number of ether oxygens (including phenoxy) is 2. The van der Waals surface area contributed by atoms with Crippen LogP contribution in [0.25, 0.3) is 0 Å². The maximum Gasteiger partial charge on any atom is 0.224 e. The summed E-state index contributed by atoms with van der Waals surface area (Å²) in [6, 6.07) is 0. The lowest BCUT2D eigenvalue weighted by Crippen LogP contribution is -2.36. The Morgan fingerprint density at radius 3 is 1.68 bits per heavy atom. The highest BCUT2D eigenvalue weighted by atomic mass is 32.2. The monoisotopic (exact) mass is 567 g/mol. The SMILES string of the molecule is CCC(CSC)C(=O)NCC(C)=O.CCCOCCOCCC(=O)CC(CSC)C(=O)NCC(C)=O.[2H]C. The fraction of sp³-hybridized carbons (Fsp3) is 0.808. The molecule has 0 radical (unpaired) electrons. The summed E-state index contributed by atoms with van der Waals surface area (Å²) < 4.78 is 16.4. The molecule has 0 aromatic heterocycles. The number of Topliss-reactive ketones (excluding diaryl/α,β-unsaturated/α-hetero) is 3. The number of amides is 2. The zero-order valence-corrected chi connectivity index (χ0v) is 25.4. The summed E-state index contributed by atoms with van der Waals surface area (Å²) in [7, 11) is 1.25. The molecule has 2 N–H and O–H groups in total. The van der Waals surface area contributed by atoms with Crippen LogP contribution >= 0.6 is 23.5 Å².